The van der Waals surface area contributed by atoms with Crippen molar-refractivity contribution >= 4 is 22.5 Å². The summed E-state index contributed by atoms with van der Waals surface area (Å²) in [6.45, 7) is 3.05. The number of hydrogen-bond acceptors (Lipinski definition) is 2. The van der Waals surface area contributed by atoms with Crippen molar-refractivity contribution in [1.29, 1.82) is 0 Å². The Hall–Kier alpha value is -1.90. The molecule has 3 aromatic rings. The average molecular weight is 323 g/mol. The van der Waals surface area contributed by atoms with Gasteiger partial charge in [0.15, 0.2) is 0 Å². The van der Waals surface area contributed by atoms with Gasteiger partial charge in [0.05, 0.1) is 10.5 Å². The second-order valence-corrected chi connectivity index (χ2v) is 6.51. The van der Waals surface area contributed by atoms with Crippen molar-refractivity contribution in [2.75, 3.05) is 13.1 Å². The third-order valence-corrected chi connectivity index (χ3v) is 5.03. The Kier molecular flexibility index (Phi) is 4.02. The molecule has 4 rings (SSSR count). The van der Waals surface area contributed by atoms with Gasteiger partial charge in [-0.3, -0.25) is 9.88 Å². The van der Waals surface area contributed by atoms with Crippen LogP contribution in [-0.4, -0.2) is 23.0 Å². The van der Waals surface area contributed by atoms with Crippen LogP contribution in [0.3, 0.4) is 0 Å². The van der Waals surface area contributed by atoms with Gasteiger partial charge in [0.25, 0.3) is 0 Å². The Balaban J connectivity index is 1.61. The van der Waals surface area contributed by atoms with Crippen LogP contribution in [0, 0.1) is 0 Å². The van der Waals surface area contributed by atoms with E-state index in [4.69, 9.17) is 16.6 Å². The van der Waals surface area contributed by atoms with Crippen LogP contribution >= 0.6 is 11.6 Å². The highest BCUT2D eigenvalue weighted by atomic mass is 35.5. The fourth-order valence-electron chi connectivity index (χ4n) is 3.37. The first kappa shape index (κ1) is 14.7. The van der Waals surface area contributed by atoms with Crippen molar-refractivity contribution in [2.24, 2.45) is 0 Å². The maximum atomic E-state index is 6.68. The molecule has 0 amide bonds. The zero-order valence-electron chi connectivity index (χ0n) is 13.0. The van der Waals surface area contributed by atoms with E-state index in [0.717, 1.165) is 48.4 Å². The predicted octanol–water partition coefficient (Wildman–Crippen LogP) is 4.49. The van der Waals surface area contributed by atoms with Gasteiger partial charge in [-0.2, -0.15) is 0 Å². The molecule has 0 atom stereocenters. The predicted molar refractivity (Wildman–Crippen MR) is 95.9 cm³/mol. The second-order valence-electron chi connectivity index (χ2n) is 6.13. The molecule has 0 saturated heterocycles. The Morgan fingerprint density at radius 2 is 1.65 bits per heavy atom. The summed E-state index contributed by atoms with van der Waals surface area (Å²) in [5.41, 5.74) is 4.78. The monoisotopic (exact) mass is 322 g/mol. The van der Waals surface area contributed by atoms with Gasteiger partial charge in [-0.05, 0) is 23.6 Å². The van der Waals surface area contributed by atoms with Gasteiger partial charge in [0.1, 0.15) is 0 Å². The highest BCUT2D eigenvalue weighted by Crippen LogP contribution is 2.30. The summed E-state index contributed by atoms with van der Waals surface area (Å²) in [4.78, 5) is 7.36. The van der Waals surface area contributed by atoms with Crippen LogP contribution < -0.4 is 0 Å². The maximum absolute atomic E-state index is 6.68. The van der Waals surface area contributed by atoms with Crippen molar-refractivity contribution in [2.45, 2.75) is 19.4 Å². The molecule has 0 aliphatic carbocycles. The average Bonchev–Trinajstić information content (AvgIpc) is 2.79. The molecule has 0 fully saturated rings. The lowest BCUT2D eigenvalue weighted by Crippen LogP contribution is -2.25. The van der Waals surface area contributed by atoms with Crippen LogP contribution in [0.25, 0.3) is 10.9 Å². The lowest BCUT2D eigenvalue weighted by Gasteiger charge is -2.19. The van der Waals surface area contributed by atoms with E-state index in [1.165, 1.54) is 16.8 Å². The molecule has 23 heavy (non-hydrogen) atoms. The van der Waals surface area contributed by atoms with E-state index in [0.29, 0.717) is 0 Å². The topological polar surface area (TPSA) is 16.1 Å². The van der Waals surface area contributed by atoms with E-state index in [1.807, 2.05) is 18.2 Å². The smallest absolute Gasteiger partial charge is 0.0720 e. The summed E-state index contributed by atoms with van der Waals surface area (Å²) in [6.07, 6.45) is 1.94. The standard InChI is InChI=1S/C20H19ClN2/c21-20-16-8-4-5-9-18(16)22-19-11-13-23(12-10-17(19)20)14-15-6-2-1-3-7-15/h1-9H,10-14H2. The van der Waals surface area contributed by atoms with Crippen molar-refractivity contribution in [3.05, 3.63) is 76.4 Å². The van der Waals surface area contributed by atoms with E-state index in [2.05, 4.69) is 41.3 Å². The second kappa shape index (κ2) is 6.31. The van der Waals surface area contributed by atoms with Crippen LogP contribution in [0.4, 0.5) is 0 Å². The molecule has 2 nitrogen and oxygen atoms in total. The summed E-state index contributed by atoms with van der Waals surface area (Å²) in [7, 11) is 0. The van der Waals surface area contributed by atoms with Crippen molar-refractivity contribution < 1.29 is 0 Å². The highest BCUT2D eigenvalue weighted by molar-refractivity contribution is 6.36. The quantitative estimate of drug-likeness (QED) is 0.691. The fraction of sp³-hybridized carbons (Fsp3) is 0.250. The number of benzene rings is 2. The summed E-state index contributed by atoms with van der Waals surface area (Å²) in [5.74, 6) is 0. The maximum Gasteiger partial charge on any atom is 0.0720 e. The van der Waals surface area contributed by atoms with Gasteiger partial charge in [0.2, 0.25) is 0 Å². The van der Waals surface area contributed by atoms with Crippen LogP contribution in [-0.2, 0) is 19.4 Å². The number of para-hydroxylation sites is 1. The minimum absolute atomic E-state index is 0.896. The molecular formula is C20H19ClN2. The first-order chi connectivity index (χ1) is 11.3. The molecule has 0 N–H and O–H groups in total. The van der Waals surface area contributed by atoms with Gasteiger partial charge in [-0.25, -0.2) is 0 Å². The first-order valence-electron chi connectivity index (χ1n) is 8.13. The molecular weight excluding hydrogens is 304 g/mol. The molecule has 0 bridgehead atoms. The first-order valence-corrected chi connectivity index (χ1v) is 8.51. The van der Waals surface area contributed by atoms with Crippen LogP contribution in [0.2, 0.25) is 5.02 Å². The minimum Gasteiger partial charge on any atom is -0.298 e. The highest BCUT2D eigenvalue weighted by Gasteiger charge is 2.19. The Morgan fingerprint density at radius 3 is 2.52 bits per heavy atom. The van der Waals surface area contributed by atoms with E-state index >= 15 is 0 Å². The number of hydrogen-bond donors (Lipinski definition) is 0. The summed E-state index contributed by atoms with van der Waals surface area (Å²) < 4.78 is 0. The molecule has 1 aliphatic rings. The van der Waals surface area contributed by atoms with Gasteiger partial charge in [-0.15, -0.1) is 0 Å². The number of fused-ring (bicyclic) bond motifs is 2. The van der Waals surface area contributed by atoms with E-state index < -0.39 is 0 Å². The zero-order chi connectivity index (χ0) is 15.6. The molecule has 2 aromatic carbocycles. The van der Waals surface area contributed by atoms with Gasteiger partial charge in [-0.1, -0.05) is 60.1 Å². The molecule has 3 heteroatoms. The molecule has 1 aromatic heterocycles. The molecule has 1 aliphatic heterocycles. The van der Waals surface area contributed by atoms with E-state index in [1.54, 1.807) is 0 Å². The normalized spacial score (nSPS) is 15.3. The summed E-state index contributed by atoms with van der Waals surface area (Å²) in [5, 5.41) is 1.97. The number of rotatable bonds is 2. The summed E-state index contributed by atoms with van der Waals surface area (Å²) >= 11 is 6.68. The van der Waals surface area contributed by atoms with Gasteiger partial charge < -0.3 is 0 Å². The van der Waals surface area contributed by atoms with E-state index in [-0.39, 0.29) is 0 Å². The molecule has 0 saturated carbocycles. The lowest BCUT2D eigenvalue weighted by molar-refractivity contribution is 0.279. The zero-order valence-corrected chi connectivity index (χ0v) is 13.8. The number of pyridine rings is 1. The van der Waals surface area contributed by atoms with E-state index in [9.17, 15) is 0 Å². The number of nitrogens with zero attached hydrogens (tertiary/aromatic N) is 2. The molecule has 116 valence electrons. The Morgan fingerprint density at radius 1 is 0.913 bits per heavy atom. The molecule has 0 radical (unpaired) electrons. The molecule has 0 unspecified atom stereocenters. The van der Waals surface area contributed by atoms with Gasteiger partial charge in [0, 0.05) is 37.1 Å². The van der Waals surface area contributed by atoms with Crippen molar-refractivity contribution in [1.82, 2.24) is 9.88 Å². The number of halogens is 1. The van der Waals surface area contributed by atoms with Crippen molar-refractivity contribution in [3.63, 3.8) is 0 Å². The fourth-order valence-corrected chi connectivity index (χ4v) is 3.73. The third-order valence-electron chi connectivity index (χ3n) is 4.60. The van der Waals surface area contributed by atoms with Crippen LogP contribution in [0.5, 0.6) is 0 Å². The van der Waals surface area contributed by atoms with Crippen LogP contribution in [0.1, 0.15) is 16.8 Å². The molecule has 2 heterocycles. The number of aromatic nitrogens is 1. The Labute approximate surface area is 141 Å². The molecule has 0 spiro atoms. The lowest BCUT2D eigenvalue weighted by atomic mass is 10.1. The SMILES string of the molecule is Clc1c2c(nc3ccccc13)CCN(Cc1ccccc1)CC2. The van der Waals surface area contributed by atoms with Crippen LogP contribution in [0.15, 0.2) is 54.6 Å². The van der Waals surface area contributed by atoms with Crippen molar-refractivity contribution in [3.8, 4) is 0 Å². The minimum atomic E-state index is 0.896. The van der Waals surface area contributed by atoms with Gasteiger partial charge >= 0.3 is 0 Å². The summed E-state index contributed by atoms with van der Waals surface area (Å²) in [6, 6.07) is 18.8. The largest absolute Gasteiger partial charge is 0.298 e. The third kappa shape index (κ3) is 2.97. The Bertz CT molecular complexity index is 830.